The molecule has 3 nitrogen and oxygen atoms in total. The molecule has 0 fully saturated rings. The second-order valence-electron chi connectivity index (χ2n) is 4.15. The Balaban J connectivity index is 2.03. The number of hydrazone groups is 1. The summed E-state index contributed by atoms with van der Waals surface area (Å²) in [5, 5.41) is 7.29. The van der Waals surface area contributed by atoms with Gasteiger partial charge in [-0.2, -0.15) is 5.10 Å². The average molecular weight is 246 g/mol. The molecule has 0 unspecified atom stereocenters. The average Bonchev–Trinajstić information content (AvgIpc) is 2.77. The van der Waals surface area contributed by atoms with Crippen LogP contribution in [-0.2, 0) is 0 Å². The molecule has 2 aliphatic rings. The summed E-state index contributed by atoms with van der Waals surface area (Å²) in [6.07, 6.45) is 2.06. The lowest BCUT2D eigenvalue weighted by molar-refractivity contribution is 0.487. The summed E-state index contributed by atoms with van der Waals surface area (Å²) in [5.41, 5.74) is 3.15. The third-order valence-electron chi connectivity index (χ3n) is 2.87. The number of halogens is 1. The minimum atomic E-state index is 0.733. The van der Waals surface area contributed by atoms with E-state index in [1.54, 1.807) is 0 Å². The normalized spacial score (nSPS) is 18.5. The fourth-order valence-corrected chi connectivity index (χ4v) is 2.27. The molecule has 86 valence electrons. The minimum absolute atomic E-state index is 0.733. The number of rotatable bonds is 1. The molecular formula is C13H12ClN3. The van der Waals surface area contributed by atoms with E-state index >= 15 is 0 Å². The van der Waals surface area contributed by atoms with Gasteiger partial charge in [0.25, 0.3) is 0 Å². The molecule has 0 atom stereocenters. The van der Waals surface area contributed by atoms with Crippen LogP contribution in [0.2, 0.25) is 5.02 Å². The monoisotopic (exact) mass is 245 g/mol. The molecule has 1 aromatic rings. The predicted octanol–water partition coefficient (Wildman–Crippen LogP) is 2.72. The van der Waals surface area contributed by atoms with Crippen LogP contribution in [-0.4, -0.2) is 29.6 Å². The molecule has 17 heavy (non-hydrogen) atoms. The molecule has 0 aromatic heterocycles. The van der Waals surface area contributed by atoms with Gasteiger partial charge in [-0.3, -0.25) is 4.99 Å². The maximum absolute atomic E-state index is 6.00. The lowest BCUT2D eigenvalue weighted by Gasteiger charge is -2.21. The number of nitrogens with zero attached hydrogens (tertiary/aromatic N) is 3. The largest absolute Gasteiger partial charge is 0.265 e. The Bertz CT molecular complexity index is 558. The van der Waals surface area contributed by atoms with Crippen molar-refractivity contribution in [3.05, 3.63) is 46.5 Å². The van der Waals surface area contributed by atoms with Crippen LogP contribution in [0, 0.1) is 0 Å². The lowest BCUT2D eigenvalue weighted by Crippen LogP contribution is -2.28. The molecule has 0 radical (unpaired) electrons. The topological polar surface area (TPSA) is 28.0 Å². The van der Waals surface area contributed by atoms with Crippen LogP contribution in [0.4, 0.5) is 0 Å². The van der Waals surface area contributed by atoms with Crippen molar-refractivity contribution in [1.82, 2.24) is 5.01 Å². The number of aliphatic imine (C=N–C) groups is 1. The quantitative estimate of drug-likeness (QED) is 0.748. The first-order valence-electron chi connectivity index (χ1n) is 5.59. The first-order chi connectivity index (χ1) is 8.24. The van der Waals surface area contributed by atoms with Crippen molar-refractivity contribution in [3.63, 3.8) is 0 Å². The zero-order chi connectivity index (χ0) is 11.8. The van der Waals surface area contributed by atoms with E-state index in [-0.39, 0.29) is 0 Å². The molecule has 0 N–H and O–H groups in total. The highest BCUT2D eigenvalue weighted by Gasteiger charge is 2.22. The second kappa shape index (κ2) is 4.00. The molecule has 0 spiro atoms. The summed E-state index contributed by atoms with van der Waals surface area (Å²) < 4.78 is 0. The summed E-state index contributed by atoms with van der Waals surface area (Å²) in [6, 6.07) is 7.76. The molecule has 0 bridgehead atoms. The van der Waals surface area contributed by atoms with Crippen molar-refractivity contribution in [2.45, 2.75) is 6.92 Å². The minimum Gasteiger partial charge on any atom is -0.265 e. The van der Waals surface area contributed by atoms with Crippen molar-refractivity contribution < 1.29 is 0 Å². The Morgan fingerprint density at radius 3 is 3.06 bits per heavy atom. The summed E-state index contributed by atoms with van der Waals surface area (Å²) in [7, 11) is 0. The van der Waals surface area contributed by atoms with E-state index in [1.165, 1.54) is 0 Å². The van der Waals surface area contributed by atoms with E-state index in [1.807, 2.05) is 29.3 Å². The fourth-order valence-electron chi connectivity index (χ4n) is 2.08. The SMILES string of the molecule is CC1=CC(c2cccc(Cl)c2)=NN2CCN=C12. The zero-order valence-corrected chi connectivity index (χ0v) is 10.3. The van der Waals surface area contributed by atoms with E-state index in [0.29, 0.717) is 0 Å². The Morgan fingerprint density at radius 1 is 1.35 bits per heavy atom. The Kier molecular flexibility index (Phi) is 2.48. The van der Waals surface area contributed by atoms with Crippen LogP contribution < -0.4 is 0 Å². The summed E-state index contributed by atoms with van der Waals surface area (Å²) in [5.74, 6) is 0.996. The van der Waals surface area contributed by atoms with Crippen LogP contribution >= 0.6 is 11.6 Å². The van der Waals surface area contributed by atoms with E-state index in [9.17, 15) is 0 Å². The molecule has 0 aliphatic carbocycles. The summed E-state index contributed by atoms with van der Waals surface area (Å²) >= 11 is 6.00. The van der Waals surface area contributed by atoms with Crippen LogP contribution in [0.15, 0.2) is 46.0 Å². The number of benzene rings is 1. The Labute approximate surface area is 105 Å². The van der Waals surface area contributed by atoms with Crippen molar-refractivity contribution in [2.75, 3.05) is 13.1 Å². The number of fused-ring (bicyclic) bond motifs is 1. The number of allylic oxidation sites excluding steroid dienone is 1. The number of hydrogen-bond donors (Lipinski definition) is 0. The van der Waals surface area contributed by atoms with Gasteiger partial charge in [-0.05, 0) is 30.7 Å². The van der Waals surface area contributed by atoms with Crippen molar-refractivity contribution in [3.8, 4) is 0 Å². The molecule has 2 heterocycles. The maximum Gasteiger partial charge on any atom is 0.147 e. The highest BCUT2D eigenvalue weighted by molar-refractivity contribution is 6.31. The van der Waals surface area contributed by atoms with Gasteiger partial charge >= 0.3 is 0 Å². The molecule has 0 amide bonds. The van der Waals surface area contributed by atoms with E-state index in [2.05, 4.69) is 23.1 Å². The fraction of sp³-hybridized carbons (Fsp3) is 0.231. The standard InChI is InChI=1S/C13H12ClN3/c1-9-7-12(10-3-2-4-11(14)8-10)16-17-6-5-15-13(9)17/h2-4,7-8H,5-6H2,1H3. The zero-order valence-electron chi connectivity index (χ0n) is 9.52. The smallest absolute Gasteiger partial charge is 0.147 e. The first kappa shape index (κ1) is 10.5. The van der Waals surface area contributed by atoms with Crippen molar-refractivity contribution in [1.29, 1.82) is 0 Å². The van der Waals surface area contributed by atoms with Gasteiger partial charge in [0.05, 0.1) is 18.8 Å². The van der Waals surface area contributed by atoms with Crippen LogP contribution in [0.1, 0.15) is 12.5 Å². The predicted molar refractivity (Wildman–Crippen MR) is 70.8 cm³/mol. The highest BCUT2D eigenvalue weighted by atomic mass is 35.5. The Hall–Kier alpha value is -1.61. The van der Waals surface area contributed by atoms with Crippen molar-refractivity contribution in [2.24, 2.45) is 10.1 Å². The van der Waals surface area contributed by atoms with E-state index in [0.717, 1.165) is 40.8 Å². The molecule has 4 heteroatoms. The van der Waals surface area contributed by atoms with Crippen LogP contribution in [0.3, 0.4) is 0 Å². The van der Waals surface area contributed by atoms with Gasteiger partial charge in [0, 0.05) is 10.6 Å². The van der Waals surface area contributed by atoms with Gasteiger partial charge in [-0.15, -0.1) is 0 Å². The molecule has 0 saturated heterocycles. The third-order valence-corrected chi connectivity index (χ3v) is 3.11. The van der Waals surface area contributed by atoms with Gasteiger partial charge in [0.15, 0.2) is 0 Å². The summed E-state index contributed by atoms with van der Waals surface area (Å²) in [6.45, 7) is 3.76. The van der Waals surface area contributed by atoms with Crippen LogP contribution in [0.25, 0.3) is 0 Å². The molecule has 0 saturated carbocycles. The van der Waals surface area contributed by atoms with Gasteiger partial charge in [-0.25, -0.2) is 5.01 Å². The maximum atomic E-state index is 6.00. The molecule has 1 aromatic carbocycles. The van der Waals surface area contributed by atoms with Gasteiger partial charge in [0.2, 0.25) is 0 Å². The second-order valence-corrected chi connectivity index (χ2v) is 4.59. The van der Waals surface area contributed by atoms with Gasteiger partial charge < -0.3 is 0 Å². The third kappa shape index (κ3) is 1.87. The molecule has 2 aliphatic heterocycles. The summed E-state index contributed by atoms with van der Waals surface area (Å²) in [4.78, 5) is 4.43. The van der Waals surface area contributed by atoms with Gasteiger partial charge in [0.1, 0.15) is 5.84 Å². The first-order valence-corrected chi connectivity index (χ1v) is 5.97. The molecule has 3 rings (SSSR count). The van der Waals surface area contributed by atoms with E-state index in [4.69, 9.17) is 11.6 Å². The number of hydrogen-bond acceptors (Lipinski definition) is 3. The van der Waals surface area contributed by atoms with Crippen LogP contribution in [0.5, 0.6) is 0 Å². The number of amidine groups is 1. The lowest BCUT2D eigenvalue weighted by atomic mass is 10.1. The highest BCUT2D eigenvalue weighted by Crippen LogP contribution is 2.20. The molecular weight excluding hydrogens is 234 g/mol. The van der Waals surface area contributed by atoms with Gasteiger partial charge in [-0.1, -0.05) is 23.7 Å². The Morgan fingerprint density at radius 2 is 2.24 bits per heavy atom. The van der Waals surface area contributed by atoms with E-state index < -0.39 is 0 Å². The van der Waals surface area contributed by atoms with Crippen molar-refractivity contribution >= 4 is 23.1 Å².